The molecule has 2 N–H and O–H groups in total. The predicted octanol–water partition coefficient (Wildman–Crippen LogP) is 3.00. The minimum Gasteiger partial charge on any atom is -0.460 e. The first-order valence-electron chi connectivity index (χ1n) is 8.69. The molecule has 0 aliphatic heterocycles. The molecule has 5 heteroatoms. The molecule has 1 aromatic heterocycles. The Morgan fingerprint density at radius 1 is 1.12 bits per heavy atom. The van der Waals surface area contributed by atoms with Crippen LogP contribution in [0.1, 0.15) is 17.5 Å². The van der Waals surface area contributed by atoms with Crippen molar-refractivity contribution in [2.75, 3.05) is 6.54 Å². The normalized spacial score (nSPS) is 12.0. The Hall–Kier alpha value is -2.92. The van der Waals surface area contributed by atoms with Gasteiger partial charge in [0.15, 0.2) is 0 Å². The summed E-state index contributed by atoms with van der Waals surface area (Å²) in [6.07, 6.45) is 4.19. The summed E-state index contributed by atoms with van der Waals surface area (Å²) in [6, 6.07) is 17.2. The molecule has 0 radical (unpaired) electrons. The number of esters is 1. The van der Waals surface area contributed by atoms with Gasteiger partial charge in [-0.2, -0.15) is 0 Å². The SMILES string of the molecule is O=CC(CCc1c[nH]c2ccccc12)NCC(=O)OCc1ccccc1. The van der Waals surface area contributed by atoms with Gasteiger partial charge in [-0.15, -0.1) is 0 Å². The van der Waals surface area contributed by atoms with E-state index in [0.717, 1.165) is 23.8 Å². The van der Waals surface area contributed by atoms with Crippen molar-refractivity contribution in [1.82, 2.24) is 10.3 Å². The highest BCUT2D eigenvalue weighted by Gasteiger charge is 2.12. The van der Waals surface area contributed by atoms with E-state index in [-0.39, 0.29) is 25.2 Å². The quantitative estimate of drug-likeness (QED) is 0.460. The average molecular weight is 350 g/mol. The highest BCUT2D eigenvalue weighted by molar-refractivity contribution is 5.83. The Balaban J connectivity index is 1.44. The molecule has 134 valence electrons. The molecule has 0 spiro atoms. The van der Waals surface area contributed by atoms with Crippen LogP contribution in [0.15, 0.2) is 60.8 Å². The Kier molecular flexibility index (Phi) is 6.17. The lowest BCUT2D eigenvalue weighted by atomic mass is 10.1. The lowest BCUT2D eigenvalue weighted by Crippen LogP contribution is -2.35. The molecule has 1 unspecified atom stereocenters. The summed E-state index contributed by atoms with van der Waals surface area (Å²) < 4.78 is 5.21. The van der Waals surface area contributed by atoms with Gasteiger partial charge in [0.05, 0.1) is 12.6 Å². The van der Waals surface area contributed by atoms with E-state index in [2.05, 4.69) is 16.4 Å². The van der Waals surface area contributed by atoms with Gasteiger partial charge in [-0.1, -0.05) is 48.5 Å². The third-order valence-electron chi connectivity index (χ3n) is 4.32. The number of rotatable bonds is 9. The van der Waals surface area contributed by atoms with Crippen LogP contribution in [-0.4, -0.2) is 29.8 Å². The van der Waals surface area contributed by atoms with Crippen molar-refractivity contribution in [2.24, 2.45) is 0 Å². The van der Waals surface area contributed by atoms with E-state index in [0.29, 0.717) is 6.42 Å². The first-order valence-corrected chi connectivity index (χ1v) is 8.69. The van der Waals surface area contributed by atoms with Gasteiger partial charge in [0.1, 0.15) is 12.9 Å². The maximum Gasteiger partial charge on any atom is 0.320 e. The van der Waals surface area contributed by atoms with E-state index in [1.165, 1.54) is 10.9 Å². The van der Waals surface area contributed by atoms with Gasteiger partial charge in [0.25, 0.3) is 0 Å². The number of H-pyrrole nitrogens is 1. The Morgan fingerprint density at radius 3 is 2.69 bits per heavy atom. The standard InChI is InChI=1S/C21H22N2O3/c24-14-18(11-10-17-12-23-20-9-5-4-8-19(17)20)22-13-21(25)26-15-16-6-2-1-3-7-16/h1-9,12,14,18,22-23H,10-11,13,15H2. The van der Waals surface area contributed by atoms with Crippen molar-refractivity contribution in [2.45, 2.75) is 25.5 Å². The molecule has 5 nitrogen and oxygen atoms in total. The monoisotopic (exact) mass is 350 g/mol. The Labute approximate surface area is 152 Å². The summed E-state index contributed by atoms with van der Waals surface area (Å²) in [6.45, 7) is 0.257. The van der Waals surface area contributed by atoms with Crippen LogP contribution in [0.3, 0.4) is 0 Å². The summed E-state index contributed by atoms with van der Waals surface area (Å²) in [5.74, 6) is -0.368. The van der Waals surface area contributed by atoms with Crippen LogP contribution in [0.2, 0.25) is 0 Å². The van der Waals surface area contributed by atoms with E-state index in [1.54, 1.807) is 0 Å². The Morgan fingerprint density at radius 2 is 1.88 bits per heavy atom. The van der Waals surface area contributed by atoms with Crippen molar-refractivity contribution in [3.63, 3.8) is 0 Å². The average Bonchev–Trinajstić information content (AvgIpc) is 3.10. The zero-order chi connectivity index (χ0) is 18.2. The van der Waals surface area contributed by atoms with Gasteiger partial charge in [-0.3, -0.25) is 10.1 Å². The summed E-state index contributed by atoms with van der Waals surface area (Å²) in [5.41, 5.74) is 3.19. The van der Waals surface area contributed by atoms with Crippen LogP contribution >= 0.6 is 0 Å². The fourth-order valence-corrected chi connectivity index (χ4v) is 2.87. The summed E-state index contributed by atoms with van der Waals surface area (Å²) in [5, 5.41) is 4.13. The third kappa shape index (κ3) is 4.80. The number of ether oxygens (including phenoxy) is 1. The summed E-state index contributed by atoms with van der Waals surface area (Å²) in [4.78, 5) is 26.4. The molecular formula is C21H22N2O3. The smallest absolute Gasteiger partial charge is 0.320 e. The number of aryl methyl sites for hydroxylation is 1. The van der Waals surface area contributed by atoms with Crippen molar-refractivity contribution < 1.29 is 14.3 Å². The number of aromatic nitrogens is 1. The fraction of sp³-hybridized carbons (Fsp3) is 0.238. The Bertz CT molecular complexity index is 858. The molecule has 0 fully saturated rings. The number of fused-ring (bicyclic) bond motifs is 1. The zero-order valence-corrected chi connectivity index (χ0v) is 14.5. The maximum absolute atomic E-state index is 11.8. The molecule has 0 aliphatic rings. The second-order valence-corrected chi connectivity index (χ2v) is 6.17. The molecular weight excluding hydrogens is 328 g/mol. The number of benzene rings is 2. The highest BCUT2D eigenvalue weighted by Crippen LogP contribution is 2.19. The second kappa shape index (κ2) is 8.97. The fourth-order valence-electron chi connectivity index (χ4n) is 2.87. The minimum atomic E-state index is -0.382. The van der Waals surface area contributed by atoms with Gasteiger partial charge in [-0.25, -0.2) is 0 Å². The summed E-state index contributed by atoms with van der Waals surface area (Å²) in [7, 11) is 0. The maximum atomic E-state index is 11.8. The number of hydrogen-bond acceptors (Lipinski definition) is 4. The number of nitrogens with one attached hydrogen (secondary N) is 2. The predicted molar refractivity (Wildman–Crippen MR) is 101 cm³/mol. The molecule has 3 aromatic rings. The molecule has 0 amide bonds. The van der Waals surface area contributed by atoms with Crippen molar-refractivity contribution in [3.05, 3.63) is 71.9 Å². The minimum absolute atomic E-state index is 0.0180. The van der Waals surface area contributed by atoms with Gasteiger partial charge in [0.2, 0.25) is 0 Å². The van der Waals surface area contributed by atoms with Gasteiger partial charge in [0, 0.05) is 17.1 Å². The van der Waals surface area contributed by atoms with Gasteiger partial charge < -0.3 is 14.5 Å². The van der Waals surface area contributed by atoms with Crippen LogP contribution in [0.5, 0.6) is 0 Å². The van der Waals surface area contributed by atoms with Crippen LogP contribution in [0, 0.1) is 0 Å². The molecule has 2 aromatic carbocycles. The van der Waals surface area contributed by atoms with Crippen molar-refractivity contribution in [1.29, 1.82) is 0 Å². The zero-order valence-electron chi connectivity index (χ0n) is 14.5. The van der Waals surface area contributed by atoms with Gasteiger partial charge >= 0.3 is 5.97 Å². The van der Waals surface area contributed by atoms with Crippen LogP contribution < -0.4 is 5.32 Å². The molecule has 1 atom stereocenters. The molecule has 0 bridgehead atoms. The van der Waals surface area contributed by atoms with Crippen LogP contribution in [0.4, 0.5) is 0 Å². The number of aromatic amines is 1. The first-order chi connectivity index (χ1) is 12.8. The van der Waals surface area contributed by atoms with E-state index in [1.807, 2.05) is 54.7 Å². The lowest BCUT2D eigenvalue weighted by Gasteiger charge is -2.12. The number of para-hydroxylation sites is 1. The topological polar surface area (TPSA) is 71.2 Å². The second-order valence-electron chi connectivity index (χ2n) is 6.17. The summed E-state index contributed by atoms with van der Waals surface area (Å²) >= 11 is 0. The van der Waals surface area contributed by atoms with Gasteiger partial charge in [-0.05, 0) is 30.0 Å². The molecule has 3 rings (SSSR count). The van der Waals surface area contributed by atoms with Crippen molar-refractivity contribution >= 4 is 23.2 Å². The molecule has 0 aliphatic carbocycles. The van der Waals surface area contributed by atoms with Crippen LogP contribution in [0.25, 0.3) is 10.9 Å². The first kappa shape index (κ1) is 17.9. The number of aldehydes is 1. The molecule has 0 saturated carbocycles. The van der Waals surface area contributed by atoms with E-state index >= 15 is 0 Å². The highest BCUT2D eigenvalue weighted by atomic mass is 16.5. The van der Waals surface area contributed by atoms with E-state index in [9.17, 15) is 9.59 Å². The number of carbonyl (C=O) groups is 2. The van der Waals surface area contributed by atoms with E-state index in [4.69, 9.17) is 4.74 Å². The molecule has 26 heavy (non-hydrogen) atoms. The molecule has 1 heterocycles. The largest absolute Gasteiger partial charge is 0.460 e. The van der Waals surface area contributed by atoms with Crippen LogP contribution in [-0.2, 0) is 27.4 Å². The molecule has 0 saturated heterocycles. The number of hydrogen-bond donors (Lipinski definition) is 2. The third-order valence-corrected chi connectivity index (χ3v) is 4.32. The lowest BCUT2D eigenvalue weighted by molar-refractivity contribution is -0.144. The van der Waals surface area contributed by atoms with Crippen molar-refractivity contribution in [3.8, 4) is 0 Å². The van der Waals surface area contributed by atoms with E-state index < -0.39 is 0 Å². The number of carbonyl (C=O) groups excluding carboxylic acids is 2.